The number of rotatable bonds is 2. The Morgan fingerprint density at radius 1 is 1.26 bits per heavy atom. The van der Waals surface area contributed by atoms with Crippen LogP contribution in [-0.2, 0) is 0 Å². The van der Waals surface area contributed by atoms with Gasteiger partial charge in [-0.15, -0.1) is 0 Å². The molecule has 1 atom stereocenters. The number of halogens is 3. The fourth-order valence-electron chi connectivity index (χ4n) is 1.71. The predicted molar refractivity (Wildman–Crippen MR) is 63.7 cm³/mol. The summed E-state index contributed by atoms with van der Waals surface area (Å²) in [6, 6.07) is 6.90. The maximum atomic E-state index is 12.3. The SMILES string of the molecule is Cc1cc(N)n(-c2ccc(C(O)C(F)(F)F)cc2)n1. The maximum absolute atomic E-state index is 12.3. The number of nitrogens with zero attached hydrogens (tertiary/aromatic N) is 2. The van der Waals surface area contributed by atoms with E-state index < -0.39 is 12.3 Å². The van der Waals surface area contributed by atoms with Crippen LogP contribution >= 0.6 is 0 Å². The van der Waals surface area contributed by atoms with Gasteiger partial charge < -0.3 is 10.8 Å². The normalized spacial score (nSPS) is 13.5. The lowest BCUT2D eigenvalue weighted by Gasteiger charge is -2.15. The Kier molecular flexibility index (Phi) is 3.23. The highest BCUT2D eigenvalue weighted by molar-refractivity contribution is 5.43. The molecule has 2 rings (SSSR count). The number of nitrogen functional groups attached to an aromatic ring is 1. The Hall–Kier alpha value is -2.02. The number of benzene rings is 1. The number of anilines is 1. The summed E-state index contributed by atoms with van der Waals surface area (Å²) >= 11 is 0. The van der Waals surface area contributed by atoms with Crippen molar-refractivity contribution >= 4 is 5.82 Å². The Morgan fingerprint density at radius 2 is 1.84 bits per heavy atom. The Bertz CT molecular complexity index is 575. The molecule has 7 heteroatoms. The van der Waals surface area contributed by atoms with Gasteiger partial charge in [-0.05, 0) is 24.6 Å². The molecular formula is C12H12F3N3O. The van der Waals surface area contributed by atoms with Crippen molar-refractivity contribution in [3.05, 3.63) is 41.6 Å². The minimum atomic E-state index is -4.68. The minimum absolute atomic E-state index is 0.223. The summed E-state index contributed by atoms with van der Waals surface area (Å²) < 4.78 is 38.4. The zero-order valence-corrected chi connectivity index (χ0v) is 10.0. The van der Waals surface area contributed by atoms with Crippen molar-refractivity contribution in [1.29, 1.82) is 0 Å². The third kappa shape index (κ3) is 2.70. The van der Waals surface area contributed by atoms with Gasteiger partial charge in [0.25, 0.3) is 0 Å². The van der Waals surface area contributed by atoms with Gasteiger partial charge in [0.1, 0.15) is 5.82 Å². The summed E-state index contributed by atoms with van der Waals surface area (Å²) in [5.41, 5.74) is 6.72. The van der Waals surface area contributed by atoms with Gasteiger partial charge in [0.2, 0.25) is 0 Å². The highest BCUT2D eigenvalue weighted by Crippen LogP contribution is 2.32. The molecule has 0 aliphatic rings. The topological polar surface area (TPSA) is 64.1 Å². The average Bonchev–Trinajstić information content (AvgIpc) is 2.66. The minimum Gasteiger partial charge on any atom is -0.384 e. The zero-order valence-electron chi connectivity index (χ0n) is 10.0. The van der Waals surface area contributed by atoms with Crippen molar-refractivity contribution in [2.75, 3.05) is 5.73 Å². The molecule has 4 nitrogen and oxygen atoms in total. The van der Waals surface area contributed by atoms with Crippen LogP contribution in [-0.4, -0.2) is 21.1 Å². The number of aryl methyl sites for hydroxylation is 1. The van der Waals surface area contributed by atoms with E-state index in [0.717, 1.165) is 0 Å². The van der Waals surface area contributed by atoms with Crippen LogP contribution in [0.1, 0.15) is 17.4 Å². The second-order valence-corrected chi connectivity index (χ2v) is 4.16. The quantitative estimate of drug-likeness (QED) is 0.881. The molecule has 1 aromatic carbocycles. The monoisotopic (exact) mass is 271 g/mol. The van der Waals surface area contributed by atoms with Crippen LogP contribution < -0.4 is 5.73 Å². The van der Waals surface area contributed by atoms with Crippen molar-refractivity contribution < 1.29 is 18.3 Å². The molecule has 0 spiro atoms. The molecule has 0 amide bonds. The van der Waals surface area contributed by atoms with E-state index in [4.69, 9.17) is 10.8 Å². The molecule has 1 unspecified atom stereocenters. The average molecular weight is 271 g/mol. The molecule has 0 fully saturated rings. The Balaban J connectivity index is 2.31. The summed E-state index contributed by atoms with van der Waals surface area (Å²) in [6.45, 7) is 1.76. The van der Waals surface area contributed by atoms with Crippen LogP contribution in [0.5, 0.6) is 0 Å². The van der Waals surface area contributed by atoms with Crippen molar-refractivity contribution in [2.24, 2.45) is 0 Å². The van der Waals surface area contributed by atoms with Gasteiger partial charge in [-0.1, -0.05) is 12.1 Å². The first-order valence-electron chi connectivity index (χ1n) is 5.46. The molecule has 0 aliphatic carbocycles. The lowest BCUT2D eigenvalue weighted by Crippen LogP contribution is -2.20. The second-order valence-electron chi connectivity index (χ2n) is 4.16. The summed E-state index contributed by atoms with van der Waals surface area (Å²) in [4.78, 5) is 0. The van der Waals surface area contributed by atoms with Crippen molar-refractivity contribution in [1.82, 2.24) is 9.78 Å². The fourth-order valence-corrected chi connectivity index (χ4v) is 1.71. The van der Waals surface area contributed by atoms with Gasteiger partial charge >= 0.3 is 6.18 Å². The van der Waals surface area contributed by atoms with E-state index in [9.17, 15) is 13.2 Å². The fraction of sp³-hybridized carbons (Fsp3) is 0.250. The Labute approximate surface area is 107 Å². The highest BCUT2D eigenvalue weighted by atomic mass is 19.4. The van der Waals surface area contributed by atoms with E-state index >= 15 is 0 Å². The van der Waals surface area contributed by atoms with E-state index in [0.29, 0.717) is 17.2 Å². The summed E-state index contributed by atoms with van der Waals surface area (Å²) in [7, 11) is 0. The standard InChI is InChI=1S/C12H12F3N3O/c1-7-6-10(16)18(17-7)9-4-2-8(3-5-9)11(19)12(13,14)15/h2-6,11,19H,16H2,1H3. The van der Waals surface area contributed by atoms with E-state index in [2.05, 4.69) is 5.10 Å². The van der Waals surface area contributed by atoms with Crippen molar-refractivity contribution in [3.8, 4) is 5.69 Å². The summed E-state index contributed by atoms with van der Waals surface area (Å²) in [5, 5.41) is 13.2. The van der Waals surface area contributed by atoms with Gasteiger partial charge in [0, 0.05) is 6.07 Å². The van der Waals surface area contributed by atoms with Crippen LogP contribution in [0.15, 0.2) is 30.3 Å². The van der Waals surface area contributed by atoms with Crippen LogP contribution in [0, 0.1) is 6.92 Å². The number of hydrogen-bond acceptors (Lipinski definition) is 3. The van der Waals surface area contributed by atoms with Crippen molar-refractivity contribution in [2.45, 2.75) is 19.2 Å². The molecule has 0 bridgehead atoms. The first kappa shape index (κ1) is 13.4. The van der Waals surface area contributed by atoms with Crippen molar-refractivity contribution in [3.63, 3.8) is 0 Å². The first-order chi connectivity index (χ1) is 8.79. The largest absolute Gasteiger partial charge is 0.418 e. The van der Waals surface area contributed by atoms with Gasteiger partial charge in [-0.25, -0.2) is 4.68 Å². The molecule has 19 heavy (non-hydrogen) atoms. The van der Waals surface area contributed by atoms with E-state index in [1.807, 2.05) is 0 Å². The third-order valence-corrected chi connectivity index (χ3v) is 2.62. The number of hydrogen-bond donors (Lipinski definition) is 2. The number of aliphatic hydroxyl groups is 1. The highest BCUT2D eigenvalue weighted by Gasteiger charge is 2.39. The molecule has 1 aromatic heterocycles. The van der Waals surface area contributed by atoms with Gasteiger partial charge in [-0.3, -0.25) is 0 Å². The summed E-state index contributed by atoms with van der Waals surface area (Å²) in [6.07, 6.45) is -7.17. The second kappa shape index (κ2) is 4.58. The maximum Gasteiger partial charge on any atom is 0.418 e. The smallest absolute Gasteiger partial charge is 0.384 e. The molecule has 1 heterocycles. The number of alkyl halides is 3. The lowest BCUT2D eigenvalue weighted by molar-refractivity contribution is -0.206. The number of nitrogens with two attached hydrogens (primary N) is 1. The molecule has 0 radical (unpaired) electrons. The lowest BCUT2D eigenvalue weighted by atomic mass is 10.1. The first-order valence-corrected chi connectivity index (χ1v) is 5.46. The molecular weight excluding hydrogens is 259 g/mol. The predicted octanol–water partition coefficient (Wildman–Crippen LogP) is 2.36. The zero-order chi connectivity index (χ0) is 14.2. The molecule has 102 valence electrons. The van der Waals surface area contributed by atoms with Crippen LogP contribution in [0.2, 0.25) is 0 Å². The molecule has 0 saturated heterocycles. The van der Waals surface area contributed by atoms with Crippen LogP contribution in [0.4, 0.5) is 19.0 Å². The van der Waals surface area contributed by atoms with Gasteiger partial charge in [-0.2, -0.15) is 18.3 Å². The molecule has 0 aliphatic heterocycles. The molecule has 2 aromatic rings. The van der Waals surface area contributed by atoms with E-state index in [1.54, 1.807) is 13.0 Å². The van der Waals surface area contributed by atoms with Crippen LogP contribution in [0.3, 0.4) is 0 Å². The van der Waals surface area contributed by atoms with Gasteiger partial charge in [0.05, 0.1) is 11.4 Å². The van der Waals surface area contributed by atoms with Gasteiger partial charge in [0.15, 0.2) is 6.10 Å². The number of aliphatic hydroxyl groups excluding tert-OH is 1. The summed E-state index contributed by atoms with van der Waals surface area (Å²) in [5.74, 6) is 0.390. The van der Waals surface area contributed by atoms with E-state index in [1.165, 1.54) is 28.9 Å². The molecule has 0 saturated carbocycles. The Morgan fingerprint density at radius 3 is 2.26 bits per heavy atom. The third-order valence-electron chi connectivity index (χ3n) is 2.62. The molecule has 3 N–H and O–H groups in total. The van der Waals surface area contributed by atoms with Crippen LogP contribution in [0.25, 0.3) is 5.69 Å². The van der Waals surface area contributed by atoms with E-state index in [-0.39, 0.29) is 5.56 Å². The number of aromatic nitrogens is 2.